The van der Waals surface area contributed by atoms with E-state index < -0.39 is 8.32 Å². The van der Waals surface area contributed by atoms with Crippen molar-refractivity contribution < 1.29 is 9.53 Å². The first-order valence-corrected chi connectivity index (χ1v) is 10.6. The molecule has 0 heterocycles. The van der Waals surface area contributed by atoms with Crippen LogP contribution in [0, 0.1) is 5.41 Å². The summed E-state index contributed by atoms with van der Waals surface area (Å²) in [6.07, 6.45) is 8.57. The summed E-state index contributed by atoms with van der Waals surface area (Å²) in [7, 11) is -1.68. The Morgan fingerprint density at radius 2 is 1.95 bits per heavy atom. The Kier molecular flexibility index (Phi) is 4.03. The highest BCUT2D eigenvalue weighted by Crippen LogP contribution is 2.59. The molecule has 2 rings (SSSR count). The Hall–Kier alpha value is -0.123. The molecule has 0 bridgehead atoms. The molecular formula is C16H30O2Si. The highest BCUT2D eigenvalue weighted by Gasteiger charge is 2.54. The van der Waals surface area contributed by atoms with Gasteiger partial charge in [-0.1, -0.05) is 32.4 Å². The topological polar surface area (TPSA) is 29.5 Å². The molecule has 2 nitrogen and oxygen atoms in total. The number of aliphatic hydroxyl groups excluding tert-OH is 1. The summed E-state index contributed by atoms with van der Waals surface area (Å²) in [5.74, 6) is 0. The summed E-state index contributed by atoms with van der Waals surface area (Å²) < 4.78 is 6.71. The van der Waals surface area contributed by atoms with Crippen molar-refractivity contribution in [2.45, 2.75) is 77.1 Å². The molecule has 0 saturated heterocycles. The Morgan fingerprint density at radius 3 is 2.42 bits per heavy atom. The van der Waals surface area contributed by atoms with Crippen molar-refractivity contribution in [3.63, 3.8) is 0 Å². The first-order chi connectivity index (χ1) is 8.70. The van der Waals surface area contributed by atoms with Crippen LogP contribution in [-0.2, 0) is 4.43 Å². The lowest BCUT2D eigenvalue weighted by Crippen LogP contribution is -2.47. The average molecular weight is 282 g/mol. The van der Waals surface area contributed by atoms with E-state index in [0.29, 0.717) is 11.5 Å². The molecule has 110 valence electrons. The third kappa shape index (κ3) is 3.14. The summed E-state index contributed by atoms with van der Waals surface area (Å²) in [5, 5.41) is 9.38. The lowest BCUT2D eigenvalue weighted by atomic mass is 9.80. The Balaban J connectivity index is 2.10. The van der Waals surface area contributed by atoms with E-state index in [4.69, 9.17) is 9.53 Å². The number of aliphatic hydroxyl groups is 1. The second-order valence-corrected chi connectivity index (χ2v) is 12.7. The van der Waals surface area contributed by atoms with Crippen molar-refractivity contribution in [3.8, 4) is 0 Å². The van der Waals surface area contributed by atoms with E-state index in [9.17, 15) is 0 Å². The van der Waals surface area contributed by atoms with Gasteiger partial charge in [-0.3, -0.25) is 0 Å². The first kappa shape index (κ1) is 15.3. The largest absolute Gasteiger partial charge is 0.413 e. The van der Waals surface area contributed by atoms with E-state index in [1.807, 2.05) is 6.08 Å². The highest BCUT2D eigenvalue weighted by molar-refractivity contribution is 6.74. The van der Waals surface area contributed by atoms with Gasteiger partial charge >= 0.3 is 0 Å². The van der Waals surface area contributed by atoms with Crippen LogP contribution in [-0.4, -0.2) is 26.1 Å². The normalized spacial score (nSPS) is 28.9. The summed E-state index contributed by atoms with van der Waals surface area (Å²) in [4.78, 5) is 0. The molecular weight excluding hydrogens is 252 g/mol. The van der Waals surface area contributed by atoms with Crippen LogP contribution in [0.5, 0.6) is 0 Å². The van der Waals surface area contributed by atoms with Crippen LogP contribution < -0.4 is 0 Å². The fourth-order valence-electron chi connectivity index (χ4n) is 2.87. The fourth-order valence-corrected chi connectivity index (χ4v) is 4.27. The van der Waals surface area contributed by atoms with E-state index in [-0.39, 0.29) is 11.6 Å². The van der Waals surface area contributed by atoms with Gasteiger partial charge in [-0.25, -0.2) is 0 Å². The van der Waals surface area contributed by atoms with Gasteiger partial charge in [0.25, 0.3) is 0 Å². The van der Waals surface area contributed by atoms with Crippen LogP contribution in [0.25, 0.3) is 0 Å². The lowest BCUT2D eigenvalue weighted by Gasteiger charge is -2.44. The van der Waals surface area contributed by atoms with Crippen LogP contribution in [0.4, 0.5) is 0 Å². The number of hydrogen-bond acceptors (Lipinski definition) is 2. The zero-order valence-electron chi connectivity index (χ0n) is 13.3. The van der Waals surface area contributed by atoms with E-state index >= 15 is 0 Å². The molecule has 2 aliphatic carbocycles. The molecule has 2 fully saturated rings. The smallest absolute Gasteiger partial charge is 0.192 e. The molecule has 1 atom stereocenters. The molecule has 0 unspecified atom stereocenters. The first-order valence-electron chi connectivity index (χ1n) is 7.67. The Morgan fingerprint density at radius 1 is 1.32 bits per heavy atom. The van der Waals surface area contributed by atoms with Gasteiger partial charge in [-0.15, -0.1) is 0 Å². The number of hydrogen-bond donors (Lipinski definition) is 1. The van der Waals surface area contributed by atoms with Crippen molar-refractivity contribution in [2.24, 2.45) is 5.41 Å². The minimum atomic E-state index is -1.68. The molecule has 19 heavy (non-hydrogen) atoms. The predicted octanol–water partition coefficient (Wildman–Crippen LogP) is 4.26. The summed E-state index contributed by atoms with van der Waals surface area (Å²) in [5.41, 5.74) is 1.89. The highest BCUT2D eigenvalue weighted by atomic mass is 28.4. The van der Waals surface area contributed by atoms with Gasteiger partial charge in [0.05, 0.1) is 12.7 Å². The molecule has 1 spiro atoms. The predicted molar refractivity (Wildman–Crippen MR) is 82.8 cm³/mol. The van der Waals surface area contributed by atoms with E-state index in [1.165, 1.54) is 24.8 Å². The quantitative estimate of drug-likeness (QED) is 0.619. The van der Waals surface area contributed by atoms with Crippen LogP contribution in [0.1, 0.15) is 52.9 Å². The second-order valence-electron chi connectivity index (χ2n) is 7.98. The maximum absolute atomic E-state index is 9.10. The second kappa shape index (κ2) is 5.01. The van der Waals surface area contributed by atoms with Crippen LogP contribution in [0.3, 0.4) is 0 Å². The minimum Gasteiger partial charge on any atom is -0.413 e. The van der Waals surface area contributed by atoms with Crippen molar-refractivity contribution in [3.05, 3.63) is 11.6 Å². The van der Waals surface area contributed by atoms with Crippen LogP contribution in [0.15, 0.2) is 11.6 Å². The van der Waals surface area contributed by atoms with Gasteiger partial charge in [0.1, 0.15) is 0 Å². The van der Waals surface area contributed by atoms with Gasteiger partial charge in [-0.05, 0) is 55.7 Å². The third-order valence-electron chi connectivity index (χ3n) is 5.59. The molecule has 0 aromatic carbocycles. The average Bonchev–Trinajstić information content (AvgIpc) is 3.03. The van der Waals surface area contributed by atoms with Crippen molar-refractivity contribution in [2.75, 3.05) is 6.61 Å². The van der Waals surface area contributed by atoms with Crippen LogP contribution in [0.2, 0.25) is 18.1 Å². The van der Waals surface area contributed by atoms with Crippen molar-refractivity contribution >= 4 is 8.32 Å². The molecule has 3 heteroatoms. The number of rotatable bonds is 3. The molecule has 2 aliphatic rings. The standard InChI is InChI=1S/C16H30O2Si/c1-15(2,3)19(4,5)18-14-12-13(7-11-17)6-8-16(14)9-10-16/h7,14,17H,6,8-12H2,1-5H3/b13-7-/t14-/m1/s1. The zero-order valence-corrected chi connectivity index (χ0v) is 14.3. The summed E-state index contributed by atoms with van der Waals surface area (Å²) >= 11 is 0. The van der Waals surface area contributed by atoms with E-state index in [1.54, 1.807) is 0 Å². The fraction of sp³-hybridized carbons (Fsp3) is 0.875. The van der Waals surface area contributed by atoms with Crippen molar-refractivity contribution in [1.29, 1.82) is 0 Å². The molecule has 0 aliphatic heterocycles. The van der Waals surface area contributed by atoms with E-state index in [0.717, 1.165) is 12.8 Å². The van der Waals surface area contributed by atoms with Gasteiger partial charge in [0.15, 0.2) is 8.32 Å². The van der Waals surface area contributed by atoms with Gasteiger partial charge in [0.2, 0.25) is 0 Å². The molecule has 0 amide bonds. The Labute approximate surface area is 119 Å². The van der Waals surface area contributed by atoms with Crippen LogP contribution >= 0.6 is 0 Å². The SMILES string of the molecule is CC(C)(C)[Si](C)(C)O[C@@H]1C/C(=C\CO)CCC12CC2. The molecule has 0 aromatic heterocycles. The van der Waals surface area contributed by atoms with Gasteiger partial charge in [-0.2, -0.15) is 0 Å². The molecule has 1 N–H and O–H groups in total. The molecule has 0 aromatic rings. The lowest BCUT2D eigenvalue weighted by molar-refractivity contribution is 0.0817. The maximum Gasteiger partial charge on any atom is 0.192 e. The summed E-state index contributed by atoms with van der Waals surface area (Å²) in [6, 6.07) is 0. The minimum absolute atomic E-state index is 0.176. The van der Waals surface area contributed by atoms with Gasteiger partial charge < -0.3 is 9.53 Å². The molecule has 2 saturated carbocycles. The molecule has 0 radical (unpaired) electrons. The third-order valence-corrected chi connectivity index (χ3v) is 10.1. The monoisotopic (exact) mass is 282 g/mol. The zero-order chi connectivity index (χ0) is 14.3. The Bertz CT molecular complexity index is 361. The van der Waals surface area contributed by atoms with E-state index in [2.05, 4.69) is 33.9 Å². The summed E-state index contributed by atoms with van der Waals surface area (Å²) in [6.45, 7) is 11.8. The van der Waals surface area contributed by atoms with Crippen molar-refractivity contribution in [1.82, 2.24) is 0 Å². The van der Waals surface area contributed by atoms with Gasteiger partial charge in [0, 0.05) is 0 Å². The maximum atomic E-state index is 9.10.